The first-order valence-electron chi connectivity index (χ1n) is 8.57. The Labute approximate surface area is 155 Å². The molecule has 3 aromatic heterocycles. The number of rotatable bonds is 8. The lowest BCUT2D eigenvalue weighted by atomic mass is 10.1. The largest absolute Gasteiger partial charge is 0.481 e. The molecular weight excluding hydrogens is 348 g/mol. The van der Waals surface area contributed by atoms with Gasteiger partial charge in [0.2, 0.25) is 0 Å². The smallest absolute Gasteiger partial charge is 0.305 e. The zero-order chi connectivity index (χ0) is 19.4. The highest BCUT2D eigenvalue weighted by Crippen LogP contribution is 2.30. The number of aromatic nitrogens is 4. The zero-order valence-corrected chi connectivity index (χ0v) is 15.1. The molecule has 0 aliphatic heterocycles. The minimum absolute atomic E-state index is 0.00153. The van der Waals surface area contributed by atoms with Crippen molar-refractivity contribution in [3.63, 3.8) is 0 Å². The van der Waals surface area contributed by atoms with E-state index in [4.69, 9.17) is 9.84 Å². The molecule has 0 amide bonds. The van der Waals surface area contributed by atoms with E-state index in [0.29, 0.717) is 23.6 Å². The predicted octanol–water partition coefficient (Wildman–Crippen LogP) is 2.51. The minimum atomic E-state index is -0.875. The third-order valence-electron chi connectivity index (χ3n) is 4.12. The van der Waals surface area contributed by atoms with Gasteiger partial charge in [-0.05, 0) is 26.0 Å². The molecule has 0 bridgehead atoms. The van der Waals surface area contributed by atoms with Gasteiger partial charge in [-0.2, -0.15) is 15.5 Å². The van der Waals surface area contributed by atoms with Crippen LogP contribution < -0.4 is 5.32 Å². The number of carboxylic acids is 1. The predicted molar refractivity (Wildman–Crippen MR) is 98.2 cm³/mol. The summed E-state index contributed by atoms with van der Waals surface area (Å²) in [4.78, 5) is 10.7. The molecule has 0 saturated heterocycles. The van der Waals surface area contributed by atoms with E-state index in [1.807, 2.05) is 32.2 Å². The zero-order valence-electron chi connectivity index (χ0n) is 15.1. The molecule has 3 aromatic rings. The molecule has 3 heterocycles. The summed E-state index contributed by atoms with van der Waals surface area (Å²) >= 11 is 0. The fraction of sp³-hybridized carbons (Fsp3) is 0.333. The van der Waals surface area contributed by atoms with Gasteiger partial charge in [-0.3, -0.25) is 4.79 Å². The van der Waals surface area contributed by atoms with Gasteiger partial charge in [0.05, 0.1) is 29.9 Å². The number of anilines is 1. The number of aliphatic carboxylic acids is 1. The Balaban J connectivity index is 2.00. The molecule has 0 fully saturated rings. The van der Waals surface area contributed by atoms with Gasteiger partial charge in [0.1, 0.15) is 18.1 Å². The van der Waals surface area contributed by atoms with Crippen molar-refractivity contribution in [2.45, 2.75) is 26.5 Å². The molecule has 0 aliphatic rings. The normalized spacial score (nSPS) is 12.0. The second-order valence-corrected chi connectivity index (χ2v) is 5.89. The van der Waals surface area contributed by atoms with Crippen molar-refractivity contribution in [3.8, 4) is 17.2 Å². The van der Waals surface area contributed by atoms with E-state index in [1.165, 1.54) is 6.20 Å². The first-order chi connectivity index (χ1) is 13.0. The van der Waals surface area contributed by atoms with E-state index in [2.05, 4.69) is 21.6 Å². The van der Waals surface area contributed by atoms with Crippen molar-refractivity contribution in [3.05, 3.63) is 36.3 Å². The van der Waals surface area contributed by atoms with E-state index in [9.17, 15) is 10.1 Å². The molecule has 140 valence electrons. The van der Waals surface area contributed by atoms with Gasteiger partial charge in [-0.1, -0.05) is 0 Å². The molecule has 0 saturated carbocycles. The lowest BCUT2D eigenvalue weighted by Gasteiger charge is -2.11. The molecular formula is C18H20N6O3. The maximum Gasteiger partial charge on any atom is 0.305 e. The Kier molecular flexibility index (Phi) is 5.38. The van der Waals surface area contributed by atoms with Crippen LogP contribution in [0.4, 0.5) is 5.82 Å². The number of hydrogen-bond acceptors (Lipinski definition) is 6. The van der Waals surface area contributed by atoms with Crippen molar-refractivity contribution in [1.82, 2.24) is 19.4 Å². The van der Waals surface area contributed by atoms with Crippen molar-refractivity contribution >= 4 is 17.3 Å². The lowest BCUT2D eigenvalue weighted by molar-refractivity contribution is -0.136. The summed E-state index contributed by atoms with van der Waals surface area (Å²) in [6.45, 7) is 4.67. The average Bonchev–Trinajstić information content (AvgIpc) is 3.28. The second kappa shape index (κ2) is 7.88. The van der Waals surface area contributed by atoms with E-state index in [1.54, 1.807) is 15.4 Å². The number of nitriles is 1. The number of carbonyl (C=O) groups is 1. The minimum Gasteiger partial charge on any atom is -0.481 e. The topological polar surface area (TPSA) is 117 Å². The number of fused-ring (bicyclic) bond motifs is 1. The van der Waals surface area contributed by atoms with Crippen LogP contribution in [0.3, 0.4) is 0 Å². The average molecular weight is 368 g/mol. The molecule has 0 radical (unpaired) electrons. The van der Waals surface area contributed by atoms with Gasteiger partial charge < -0.3 is 15.2 Å². The van der Waals surface area contributed by atoms with Crippen LogP contribution in [0.15, 0.2) is 30.7 Å². The van der Waals surface area contributed by atoms with Crippen molar-refractivity contribution in [2.24, 2.45) is 0 Å². The fourth-order valence-corrected chi connectivity index (χ4v) is 2.86. The Morgan fingerprint density at radius 3 is 2.93 bits per heavy atom. The summed E-state index contributed by atoms with van der Waals surface area (Å²) in [6, 6.07) is 5.83. The van der Waals surface area contributed by atoms with Gasteiger partial charge in [-0.25, -0.2) is 9.20 Å². The third-order valence-corrected chi connectivity index (χ3v) is 4.12. The second-order valence-electron chi connectivity index (χ2n) is 5.89. The van der Waals surface area contributed by atoms with Crippen LogP contribution in [-0.4, -0.2) is 43.6 Å². The molecule has 0 aromatic carbocycles. The maximum atomic E-state index is 10.7. The van der Waals surface area contributed by atoms with E-state index >= 15 is 0 Å². The van der Waals surface area contributed by atoms with Gasteiger partial charge in [-0.15, -0.1) is 0 Å². The molecule has 1 unspecified atom stereocenters. The summed E-state index contributed by atoms with van der Waals surface area (Å²) in [5.41, 5.74) is 2.66. The van der Waals surface area contributed by atoms with E-state index in [0.717, 1.165) is 11.1 Å². The Hall–Kier alpha value is -3.38. The molecule has 9 heteroatoms. The molecule has 3 rings (SSSR count). The first kappa shape index (κ1) is 18.4. The SMILES string of the molecule is CCOC(C)n1cc(-c2c(C#N)cnn3c(NCCC(=O)O)ccc23)cn1. The molecule has 9 nitrogen and oxygen atoms in total. The first-order valence-corrected chi connectivity index (χ1v) is 8.57. The number of nitrogens with one attached hydrogen (secondary N) is 1. The van der Waals surface area contributed by atoms with Crippen molar-refractivity contribution in [2.75, 3.05) is 18.5 Å². The van der Waals surface area contributed by atoms with Gasteiger partial charge in [0.15, 0.2) is 0 Å². The molecule has 1 atom stereocenters. The summed E-state index contributed by atoms with van der Waals surface area (Å²) in [7, 11) is 0. The summed E-state index contributed by atoms with van der Waals surface area (Å²) in [5.74, 6) is -0.216. The van der Waals surface area contributed by atoms with Crippen LogP contribution >= 0.6 is 0 Å². The Morgan fingerprint density at radius 1 is 1.41 bits per heavy atom. The highest BCUT2D eigenvalue weighted by Gasteiger charge is 2.16. The third kappa shape index (κ3) is 3.75. The molecule has 2 N–H and O–H groups in total. The Bertz CT molecular complexity index is 1000. The van der Waals surface area contributed by atoms with Crippen LogP contribution in [0, 0.1) is 11.3 Å². The highest BCUT2D eigenvalue weighted by atomic mass is 16.5. The van der Waals surface area contributed by atoms with Crippen LogP contribution in [0.2, 0.25) is 0 Å². The Morgan fingerprint density at radius 2 is 2.22 bits per heavy atom. The quantitative estimate of drug-likeness (QED) is 0.627. The standard InChI is InChI=1S/C18H20N6O3/c1-3-27-12(2)23-11-14(10-21-23)18-13(8-19)9-22-24-15(18)4-5-16(24)20-7-6-17(25)26/h4-5,9-12,20H,3,6-7H2,1-2H3,(H,25,26). The maximum absolute atomic E-state index is 10.7. The van der Waals surface area contributed by atoms with E-state index < -0.39 is 5.97 Å². The summed E-state index contributed by atoms with van der Waals surface area (Å²) in [5, 5.41) is 30.0. The monoisotopic (exact) mass is 368 g/mol. The fourth-order valence-electron chi connectivity index (χ4n) is 2.86. The lowest BCUT2D eigenvalue weighted by Crippen LogP contribution is -2.10. The van der Waals surface area contributed by atoms with Crippen LogP contribution in [-0.2, 0) is 9.53 Å². The van der Waals surface area contributed by atoms with Gasteiger partial charge >= 0.3 is 5.97 Å². The van der Waals surface area contributed by atoms with Gasteiger partial charge in [0, 0.05) is 30.5 Å². The van der Waals surface area contributed by atoms with Crippen molar-refractivity contribution in [1.29, 1.82) is 5.26 Å². The highest BCUT2D eigenvalue weighted by molar-refractivity contribution is 5.85. The van der Waals surface area contributed by atoms with Crippen molar-refractivity contribution < 1.29 is 14.6 Å². The van der Waals surface area contributed by atoms with Gasteiger partial charge in [0.25, 0.3) is 0 Å². The number of ether oxygens (including phenoxy) is 1. The van der Waals surface area contributed by atoms with Crippen LogP contribution in [0.25, 0.3) is 16.6 Å². The summed E-state index contributed by atoms with van der Waals surface area (Å²) < 4.78 is 8.90. The van der Waals surface area contributed by atoms with Crippen LogP contribution in [0.1, 0.15) is 32.1 Å². The van der Waals surface area contributed by atoms with Crippen LogP contribution in [0.5, 0.6) is 0 Å². The molecule has 27 heavy (non-hydrogen) atoms. The molecule has 0 aliphatic carbocycles. The number of hydrogen-bond donors (Lipinski definition) is 2. The summed E-state index contributed by atoms with van der Waals surface area (Å²) in [6.07, 6.45) is 4.80. The van der Waals surface area contributed by atoms with E-state index in [-0.39, 0.29) is 19.2 Å². The molecule has 0 spiro atoms. The number of nitrogens with zero attached hydrogens (tertiary/aromatic N) is 5. The number of carboxylic acid groups (broad SMARTS) is 1.